The first-order valence-electron chi connectivity index (χ1n) is 9.46. The van der Waals surface area contributed by atoms with Crippen molar-refractivity contribution in [3.8, 4) is 0 Å². The number of nitrogens with one attached hydrogen (secondary N) is 3. The van der Waals surface area contributed by atoms with Crippen LogP contribution in [-0.4, -0.2) is 39.9 Å². The molecule has 0 atom stereocenters. The average molecular weight is 416 g/mol. The van der Waals surface area contributed by atoms with Gasteiger partial charge in [0.25, 0.3) is 6.47 Å². The highest BCUT2D eigenvalue weighted by molar-refractivity contribution is 5.92. The van der Waals surface area contributed by atoms with Crippen molar-refractivity contribution in [1.82, 2.24) is 15.3 Å². The fraction of sp³-hybridized carbons (Fsp3) is 0.381. The molecule has 162 valence electrons. The van der Waals surface area contributed by atoms with Gasteiger partial charge in [0.05, 0.1) is 0 Å². The molecule has 9 nitrogen and oxygen atoms in total. The lowest BCUT2D eigenvalue weighted by atomic mass is 10.1. The van der Waals surface area contributed by atoms with Gasteiger partial charge in [0.2, 0.25) is 11.8 Å². The summed E-state index contributed by atoms with van der Waals surface area (Å²) in [6.07, 6.45) is 0.966. The number of hydrogen-bond acceptors (Lipinski definition) is 5. The molecule has 1 heterocycles. The van der Waals surface area contributed by atoms with Gasteiger partial charge in [-0.1, -0.05) is 17.7 Å². The number of rotatable bonds is 7. The van der Waals surface area contributed by atoms with Crippen LogP contribution in [0.4, 0.5) is 5.69 Å². The van der Waals surface area contributed by atoms with Gasteiger partial charge in [-0.3, -0.25) is 14.4 Å². The van der Waals surface area contributed by atoms with Crippen molar-refractivity contribution < 1.29 is 19.5 Å². The summed E-state index contributed by atoms with van der Waals surface area (Å²) in [5.74, 6) is -0.280. The molecule has 2 aromatic rings. The lowest BCUT2D eigenvalue weighted by Crippen LogP contribution is -2.28. The van der Waals surface area contributed by atoms with Crippen LogP contribution in [0, 0.1) is 27.7 Å². The van der Waals surface area contributed by atoms with Crippen molar-refractivity contribution in [2.24, 2.45) is 0 Å². The number of benzene rings is 1. The van der Waals surface area contributed by atoms with Crippen LogP contribution in [0.25, 0.3) is 0 Å². The highest BCUT2D eigenvalue weighted by Gasteiger charge is 2.10. The van der Waals surface area contributed by atoms with Gasteiger partial charge in [-0.05, 0) is 51.3 Å². The molecule has 9 heteroatoms. The molecule has 30 heavy (non-hydrogen) atoms. The summed E-state index contributed by atoms with van der Waals surface area (Å²) in [4.78, 5) is 50.2. The van der Waals surface area contributed by atoms with Gasteiger partial charge in [0.15, 0.2) is 0 Å². The van der Waals surface area contributed by atoms with Gasteiger partial charge in [-0.25, -0.2) is 4.79 Å². The van der Waals surface area contributed by atoms with Gasteiger partial charge in [0, 0.05) is 36.5 Å². The fourth-order valence-corrected chi connectivity index (χ4v) is 2.93. The summed E-state index contributed by atoms with van der Waals surface area (Å²) >= 11 is 0. The highest BCUT2D eigenvalue weighted by atomic mass is 16.3. The zero-order chi connectivity index (χ0) is 22.7. The number of aromatic amines is 1. The smallest absolute Gasteiger partial charge is 0.345 e. The minimum atomic E-state index is -0.381. The van der Waals surface area contributed by atoms with Crippen LogP contribution in [0.3, 0.4) is 0 Å². The van der Waals surface area contributed by atoms with Crippen molar-refractivity contribution in [2.75, 3.05) is 11.9 Å². The molecule has 0 radical (unpaired) electrons. The quantitative estimate of drug-likeness (QED) is 0.507. The van der Waals surface area contributed by atoms with Gasteiger partial charge in [0.1, 0.15) is 0 Å². The summed E-state index contributed by atoms with van der Waals surface area (Å²) in [6.45, 7) is 7.52. The van der Waals surface area contributed by atoms with Crippen molar-refractivity contribution in [3.05, 3.63) is 56.8 Å². The van der Waals surface area contributed by atoms with Crippen LogP contribution < -0.4 is 16.3 Å². The SMILES string of the molecule is Cc1ccc(NC(=O)CCNC(=O)CCc2c(C)nc(=O)[nH]c2C)c(C)c1.O=CO. The molecule has 0 fully saturated rings. The molecule has 0 aliphatic rings. The van der Waals surface area contributed by atoms with E-state index in [1.807, 2.05) is 32.0 Å². The first kappa shape index (κ1) is 24.5. The Labute approximate surface area is 174 Å². The van der Waals surface area contributed by atoms with Crippen molar-refractivity contribution in [3.63, 3.8) is 0 Å². The highest BCUT2D eigenvalue weighted by Crippen LogP contribution is 2.16. The molecule has 1 aromatic heterocycles. The van der Waals surface area contributed by atoms with Crippen molar-refractivity contribution in [1.29, 1.82) is 0 Å². The van der Waals surface area contributed by atoms with E-state index in [1.165, 1.54) is 0 Å². The molecular formula is C21H28N4O5. The summed E-state index contributed by atoms with van der Waals surface area (Å²) in [6, 6.07) is 5.83. The van der Waals surface area contributed by atoms with Crippen molar-refractivity contribution in [2.45, 2.75) is 47.0 Å². The molecule has 2 rings (SSSR count). The fourth-order valence-electron chi connectivity index (χ4n) is 2.93. The number of aromatic nitrogens is 2. The predicted octanol–water partition coefficient (Wildman–Crippen LogP) is 1.78. The molecule has 0 unspecified atom stereocenters. The maximum absolute atomic E-state index is 12.0. The zero-order valence-electron chi connectivity index (χ0n) is 17.7. The van der Waals surface area contributed by atoms with E-state index in [1.54, 1.807) is 13.8 Å². The van der Waals surface area contributed by atoms with Gasteiger partial charge < -0.3 is 20.7 Å². The molecule has 0 aliphatic heterocycles. The Bertz CT molecular complexity index is 927. The standard InChI is InChI=1S/C20H26N4O3.CH2O2/c1-12-5-7-17(13(2)11-12)24-19(26)9-10-21-18(25)8-6-16-14(3)22-20(27)23-15(16)4;2-1-3/h5,7,11H,6,8-10H2,1-4H3,(H,21,25)(H,24,26)(H,22,23,27);1H,(H,2,3). The monoisotopic (exact) mass is 416 g/mol. The first-order valence-corrected chi connectivity index (χ1v) is 9.46. The number of anilines is 1. The van der Waals surface area contributed by atoms with Crippen LogP contribution in [0.5, 0.6) is 0 Å². The maximum atomic E-state index is 12.0. The number of carboxylic acid groups (broad SMARTS) is 1. The second-order valence-electron chi connectivity index (χ2n) is 6.80. The Morgan fingerprint density at radius 2 is 1.80 bits per heavy atom. The average Bonchev–Trinajstić information content (AvgIpc) is 2.64. The largest absolute Gasteiger partial charge is 0.483 e. The summed E-state index contributed by atoms with van der Waals surface area (Å²) in [7, 11) is 0. The summed E-state index contributed by atoms with van der Waals surface area (Å²) in [5.41, 5.74) is 4.79. The molecule has 0 aliphatic carbocycles. The van der Waals surface area contributed by atoms with E-state index < -0.39 is 0 Å². The zero-order valence-corrected chi connectivity index (χ0v) is 17.7. The predicted molar refractivity (Wildman–Crippen MR) is 114 cm³/mol. The van der Waals surface area contributed by atoms with Crippen LogP contribution in [0.15, 0.2) is 23.0 Å². The number of nitrogens with zero attached hydrogens (tertiary/aromatic N) is 1. The molecule has 0 saturated carbocycles. The number of amides is 2. The van der Waals surface area contributed by atoms with Crippen LogP contribution in [0.2, 0.25) is 0 Å². The minimum absolute atomic E-state index is 0.140. The van der Waals surface area contributed by atoms with Gasteiger partial charge >= 0.3 is 5.69 Å². The van der Waals surface area contributed by atoms with E-state index in [0.717, 1.165) is 28.1 Å². The minimum Gasteiger partial charge on any atom is -0.483 e. The molecule has 1 aromatic carbocycles. The lowest BCUT2D eigenvalue weighted by molar-refractivity contribution is -0.123. The van der Waals surface area contributed by atoms with E-state index in [0.29, 0.717) is 12.1 Å². The van der Waals surface area contributed by atoms with E-state index >= 15 is 0 Å². The molecule has 2 amide bonds. The Hall–Kier alpha value is -3.49. The van der Waals surface area contributed by atoms with Crippen LogP contribution >= 0.6 is 0 Å². The van der Waals surface area contributed by atoms with Crippen LogP contribution in [0.1, 0.15) is 40.9 Å². The molecular weight excluding hydrogens is 388 g/mol. The van der Waals surface area contributed by atoms with E-state index in [2.05, 4.69) is 20.6 Å². The second-order valence-corrected chi connectivity index (χ2v) is 6.80. The Morgan fingerprint density at radius 3 is 2.40 bits per heavy atom. The first-order chi connectivity index (χ1) is 14.2. The normalized spacial score (nSPS) is 9.87. The van der Waals surface area contributed by atoms with E-state index in [4.69, 9.17) is 9.90 Å². The summed E-state index contributed by atoms with van der Waals surface area (Å²) < 4.78 is 0. The third-order valence-corrected chi connectivity index (χ3v) is 4.39. The van der Waals surface area contributed by atoms with Crippen molar-refractivity contribution >= 4 is 24.0 Å². The Morgan fingerprint density at radius 1 is 1.13 bits per heavy atom. The number of hydrogen-bond donors (Lipinski definition) is 4. The number of H-pyrrole nitrogens is 1. The van der Waals surface area contributed by atoms with Crippen LogP contribution in [-0.2, 0) is 20.8 Å². The topological polar surface area (TPSA) is 141 Å². The number of carbonyl (C=O) groups is 3. The Balaban J connectivity index is 0.00000141. The third-order valence-electron chi connectivity index (χ3n) is 4.39. The molecule has 4 N–H and O–H groups in total. The second kappa shape index (κ2) is 12.2. The maximum Gasteiger partial charge on any atom is 0.345 e. The lowest BCUT2D eigenvalue weighted by Gasteiger charge is -2.10. The van der Waals surface area contributed by atoms with E-state index in [-0.39, 0.29) is 43.4 Å². The van der Waals surface area contributed by atoms with Gasteiger partial charge in [-0.15, -0.1) is 0 Å². The molecule has 0 bridgehead atoms. The summed E-state index contributed by atoms with van der Waals surface area (Å²) in [5, 5.41) is 12.5. The number of carbonyl (C=O) groups excluding carboxylic acids is 2. The Kier molecular flexibility index (Phi) is 9.94. The van der Waals surface area contributed by atoms with E-state index in [9.17, 15) is 14.4 Å². The third kappa shape index (κ3) is 8.26. The van der Waals surface area contributed by atoms with Gasteiger partial charge in [-0.2, -0.15) is 4.98 Å². The molecule has 0 spiro atoms. The number of aryl methyl sites for hydroxylation is 4. The molecule has 0 saturated heterocycles.